The Morgan fingerprint density at radius 3 is 2.62 bits per heavy atom. The molecule has 0 saturated heterocycles. The molecule has 1 heteroatoms. The van der Waals surface area contributed by atoms with Crippen molar-refractivity contribution in [2.45, 2.75) is 26.2 Å². The molecule has 0 spiro atoms. The zero-order valence-electron chi connectivity index (χ0n) is 5.56. The maximum absolute atomic E-state index is 5.45. The molecule has 0 radical (unpaired) electrons. The van der Waals surface area contributed by atoms with Gasteiger partial charge in [-0.25, -0.2) is 0 Å². The fraction of sp³-hybridized carbons (Fsp3) is 1.00. The lowest BCUT2D eigenvalue weighted by atomic mass is 10.1. The van der Waals surface area contributed by atoms with Crippen LogP contribution < -0.4 is 5.73 Å². The first kappa shape index (κ1) is 6.09. The highest BCUT2D eigenvalue weighted by Gasteiger charge is 2.22. The molecule has 0 aromatic rings. The average molecular weight is 113 g/mol. The van der Waals surface area contributed by atoms with Crippen LogP contribution >= 0.6 is 0 Å². The lowest BCUT2D eigenvalue weighted by Gasteiger charge is -2.04. The molecule has 0 amide bonds. The number of rotatable bonds is 3. The molecule has 0 aromatic carbocycles. The third-order valence-corrected chi connectivity index (χ3v) is 1.83. The molecule has 1 fully saturated rings. The van der Waals surface area contributed by atoms with Crippen LogP contribution in [0.25, 0.3) is 0 Å². The first-order valence-corrected chi connectivity index (χ1v) is 3.53. The number of hydrogen-bond acceptors (Lipinski definition) is 1. The molecule has 0 aromatic heterocycles. The smallest absolute Gasteiger partial charge is 0.00514 e. The molecule has 1 saturated carbocycles. The van der Waals surface area contributed by atoms with Gasteiger partial charge < -0.3 is 5.73 Å². The Morgan fingerprint density at radius 1 is 1.62 bits per heavy atom. The van der Waals surface area contributed by atoms with Crippen LogP contribution in [0.5, 0.6) is 0 Å². The molecular formula is C7H15N. The van der Waals surface area contributed by atoms with Crippen LogP contribution in [-0.2, 0) is 0 Å². The monoisotopic (exact) mass is 113 g/mol. The van der Waals surface area contributed by atoms with Crippen LogP contribution in [0, 0.1) is 11.8 Å². The summed E-state index contributed by atoms with van der Waals surface area (Å²) >= 11 is 0. The van der Waals surface area contributed by atoms with Crippen molar-refractivity contribution in [3.63, 3.8) is 0 Å². The summed E-state index contributed by atoms with van der Waals surface area (Å²) in [6.07, 6.45) is 4.30. The fourth-order valence-corrected chi connectivity index (χ4v) is 1.02. The van der Waals surface area contributed by atoms with E-state index in [4.69, 9.17) is 5.73 Å². The second kappa shape index (κ2) is 2.49. The van der Waals surface area contributed by atoms with Crippen LogP contribution in [0.1, 0.15) is 26.2 Å². The first-order chi connectivity index (χ1) is 3.83. The normalized spacial score (nSPS) is 23.2. The van der Waals surface area contributed by atoms with E-state index in [1.165, 1.54) is 19.3 Å². The van der Waals surface area contributed by atoms with Gasteiger partial charge in [0.05, 0.1) is 0 Å². The molecule has 1 aliphatic rings. The minimum absolute atomic E-state index is 0.766. The van der Waals surface area contributed by atoms with E-state index in [0.29, 0.717) is 0 Å². The van der Waals surface area contributed by atoms with Gasteiger partial charge in [0.2, 0.25) is 0 Å². The zero-order chi connectivity index (χ0) is 5.98. The molecule has 1 aliphatic carbocycles. The summed E-state index contributed by atoms with van der Waals surface area (Å²) in [5.41, 5.74) is 5.45. The van der Waals surface area contributed by atoms with E-state index in [1.807, 2.05) is 0 Å². The molecule has 8 heavy (non-hydrogen) atoms. The van der Waals surface area contributed by atoms with Crippen molar-refractivity contribution in [1.29, 1.82) is 0 Å². The maximum atomic E-state index is 5.45. The lowest BCUT2D eigenvalue weighted by Crippen LogP contribution is -2.10. The zero-order valence-corrected chi connectivity index (χ0v) is 5.56. The Bertz CT molecular complexity index is 66.8. The quantitative estimate of drug-likeness (QED) is 0.588. The van der Waals surface area contributed by atoms with Crippen LogP contribution in [0.15, 0.2) is 0 Å². The standard InChI is InChI=1S/C7H15N/c1-6(5-8)4-7-2-3-7/h6-7H,2-5,8H2,1H3/t6-/m1/s1. The van der Waals surface area contributed by atoms with Gasteiger partial charge in [-0.3, -0.25) is 0 Å². The lowest BCUT2D eigenvalue weighted by molar-refractivity contribution is 0.507. The fourth-order valence-electron chi connectivity index (χ4n) is 1.02. The summed E-state index contributed by atoms with van der Waals surface area (Å²) < 4.78 is 0. The van der Waals surface area contributed by atoms with Gasteiger partial charge >= 0.3 is 0 Å². The summed E-state index contributed by atoms with van der Waals surface area (Å²) in [5.74, 6) is 1.82. The van der Waals surface area contributed by atoms with Crippen LogP contribution in [-0.4, -0.2) is 6.54 Å². The molecule has 2 N–H and O–H groups in total. The van der Waals surface area contributed by atoms with Gasteiger partial charge in [0, 0.05) is 0 Å². The highest BCUT2D eigenvalue weighted by molar-refractivity contribution is 4.75. The highest BCUT2D eigenvalue weighted by atomic mass is 14.5. The second-order valence-corrected chi connectivity index (χ2v) is 3.02. The van der Waals surface area contributed by atoms with Crippen molar-refractivity contribution in [3.05, 3.63) is 0 Å². The summed E-state index contributed by atoms with van der Waals surface area (Å²) in [6, 6.07) is 0. The topological polar surface area (TPSA) is 26.0 Å². The van der Waals surface area contributed by atoms with Gasteiger partial charge in [0.1, 0.15) is 0 Å². The first-order valence-electron chi connectivity index (χ1n) is 3.53. The molecule has 1 nitrogen and oxygen atoms in total. The van der Waals surface area contributed by atoms with E-state index in [1.54, 1.807) is 0 Å². The SMILES string of the molecule is C[C@@H](CN)CC1CC1. The Labute approximate surface area is 51.3 Å². The van der Waals surface area contributed by atoms with Gasteiger partial charge in [-0.15, -0.1) is 0 Å². The van der Waals surface area contributed by atoms with E-state index in [9.17, 15) is 0 Å². The molecular weight excluding hydrogens is 98.1 g/mol. The van der Waals surface area contributed by atoms with Crippen molar-refractivity contribution in [2.24, 2.45) is 17.6 Å². The van der Waals surface area contributed by atoms with Crippen molar-refractivity contribution >= 4 is 0 Å². The molecule has 48 valence electrons. The average Bonchev–Trinajstić information content (AvgIpc) is 2.50. The van der Waals surface area contributed by atoms with Crippen LogP contribution in [0.3, 0.4) is 0 Å². The van der Waals surface area contributed by atoms with Crippen LogP contribution in [0.4, 0.5) is 0 Å². The van der Waals surface area contributed by atoms with Gasteiger partial charge in [0.25, 0.3) is 0 Å². The Hall–Kier alpha value is -0.0400. The number of nitrogens with two attached hydrogens (primary N) is 1. The van der Waals surface area contributed by atoms with E-state index >= 15 is 0 Å². The molecule has 1 atom stereocenters. The Kier molecular flexibility index (Phi) is 1.90. The van der Waals surface area contributed by atoms with Gasteiger partial charge in [0.15, 0.2) is 0 Å². The van der Waals surface area contributed by atoms with Crippen molar-refractivity contribution in [2.75, 3.05) is 6.54 Å². The predicted octanol–water partition coefficient (Wildman–Crippen LogP) is 1.38. The maximum Gasteiger partial charge on any atom is -0.00514 e. The highest BCUT2D eigenvalue weighted by Crippen LogP contribution is 2.34. The van der Waals surface area contributed by atoms with E-state index in [-0.39, 0.29) is 0 Å². The van der Waals surface area contributed by atoms with Gasteiger partial charge in [-0.2, -0.15) is 0 Å². The molecule has 0 aliphatic heterocycles. The Morgan fingerprint density at radius 2 is 2.25 bits per heavy atom. The summed E-state index contributed by atoms with van der Waals surface area (Å²) in [7, 11) is 0. The molecule has 1 rings (SSSR count). The van der Waals surface area contributed by atoms with Gasteiger partial charge in [-0.05, 0) is 24.8 Å². The van der Waals surface area contributed by atoms with Crippen molar-refractivity contribution < 1.29 is 0 Å². The van der Waals surface area contributed by atoms with Gasteiger partial charge in [-0.1, -0.05) is 19.8 Å². The molecule has 0 heterocycles. The third-order valence-electron chi connectivity index (χ3n) is 1.83. The largest absolute Gasteiger partial charge is 0.330 e. The summed E-state index contributed by atoms with van der Waals surface area (Å²) in [4.78, 5) is 0. The second-order valence-electron chi connectivity index (χ2n) is 3.02. The van der Waals surface area contributed by atoms with E-state index in [2.05, 4.69) is 6.92 Å². The van der Waals surface area contributed by atoms with Crippen molar-refractivity contribution in [3.8, 4) is 0 Å². The summed E-state index contributed by atoms with van der Waals surface area (Å²) in [5, 5.41) is 0. The van der Waals surface area contributed by atoms with E-state index < -0.39 is 0 Å². The number of hydrogen-bond donors (Lipinski definition) is 1. The third kappa shape index (κ3) is 1.83. The minimum atomic E-state index is 0.766. The van der Waals surface area contributed by atoms with Crippen molar-refractivity contribution in [1.82, 2.24) is 0 Å². The predicted molar refractivity (Wildman–Crippen MR) is 35.6 cm³/mol. The summed E-state index contributed by atoms with van der Waals surface area (Å²) in [6.45, 7) is 3.11. The minimum Gasteiger partial charge on any atom is -0.330 e. The molecule has 0 bridgehead atoms. The van der Waals surface area contributed by atoms with E-state index in [0.717, 1.165) is 18.4 Å². The Balaban J connectivity index is 1.98. The van der Waals surface area contributed by atoms with Crippen LogP contribution in [0.2, 0.25) is 0 Å². The molecule has 0 unspecified atom stereocenters.